The molecule has 0 spiro atoms. The van der Waals surface area contributed by atoms with Gasteiger partial charge >= 0.3 is 24.1 Å². The van der Waals surface area contributed by atoms with E-state index in [1.807, 2.05) is 0 Å². The van der Waals surface area contributed by atoms with Crippen molar-refractivity contribution in [3.8, 4) is 0 Å². The van der Waals surface area contributed by atoms with Gasteiger partial charge in [-0.2, -0.15) is 0 Å². The largest absolute Gasteiger partial charge is 0.476 e. The van der Waals surface area contributed by atoms with Crippen LogP contribution in [0.25, 0.3) is 0 Å². The monoisotopic (exact) mass is 646 g/mol. The van der Waals surface area contributed by atoms with Crippen LogP contribution in [0.2, 0.25) is 0 Å². The Hall–Kier alpha value is -6.06. The number of pyridine rings is 2. The van der Waals surface area contributed by atoms with Gasteiger partial charge in [0.15, 0.2) is 23.0 Å². The number of carboxylic acids is 1. The van der Waals surface area contributed by atoms with Crippen LogP contribution in [0, 0.1) is 0 Å². The SMILES string of the molecule is CC(C)(C)OC(=O)N(c1cccnc1)c1nccnc1C(=O)O.COC(=O)c1nccnc1N(C(=O)OC(C)(C)C)c1cccnc1. The van der Waals surface area contributed by atoms with E-state index in [-0.39, 0.29) is 23.0 Å². The van der Waals surface area contributed by atoms with E-state index >= 15 is 0 Å². The molecule has 4 aromatic rings. The van der Waals surface area contributed by atoms with Gasteiger partial charge < -0.3 is 19.3 Å². The molecule has 0 aliphatic carbocycles. The maximum Gasteiger partial charge on any atom is 0.420 e. The second-order valence-corrected chi connectivity index (χ2v) is 11.3. The lowest BCUT2D eigenvalue weighted by Crippen LogP contribution is -2.35. The molecule has 0 aromatic carbocycles. The van der Waals surface area contributed by atoms with Crippen LogP contribution in [0.3, 0.4) is 0 Å². The second-order valence-electron chi connectivity index (χ2n) is 11.3. The molecule has 0 saturated carbocycles. The van der Waals surface area contributed by atoms with E-state index in [9.17, 15) is 24.3 Å². The van der Waals surface area contributed by atoms with Crippen molar-refractivity contribution < 1.29 is 38.5 Å². The van der Waals surface area contributed by atoms with Crippen molar-refractivity contribution in [2.45, 2.75) is 52.7 Å². The average molecular weight is 647 g/mol. The number of ether oxygens (including phenoxy) is 3. The number of carbonyl (C=O) groups is 4. The van der Waals surface area contributed by atoms with Gasteiger partial charge in [-0.3, -0.25) is 9.97 Å². The quantitative estimate of drug-likeness (QED) is 0.207. The number of amides is 2. The Bertz CT molecular complexity index is 1690. The number of nitrogens with zero attached hydrogens (tertiary/aromatic N) is 8. The number of anilines is 4. The van der Waals surface area contributed by atoms with E-state index < -0.39 is 35.3 Å². The molecule has 47 heavy (non-hydrogen) atoms. The summed E-state index contributed by atoms with van der Waals surface area (Å²) in [4.78, 5) is 74.5. The van der Waals surface area contributed by atoms with Crippen molar-refractivity contribution in [2.75, 3.05) is 16.9 Å². The van der Waals surface area contributed by atoms with Crippen LogP contribution in [0.5, 0.6) is 0 Å². The predicted octanol–water partition coefficient (Wildman–Crippen LogP) is 5.37. The number of aromatic nitrogens is 6. The maximum absolute atomic E-state index is 12.7. The van der Waals surface area contributed by atoms with Gasteiger partial charge in [-0.1, -0.05) is 0 Å². The third-order valence-electron chi connectivity index (χ3n) is 5.32. The lowest BCUT2D eigenvalue weighted by molar-refractivity contribution is 0.0576. The molecule has 0 saturated heterocycles. The first-order chi connectivity index (χ1) is 22.1. The minimum Gasteiger partial charge on any atom is -0.476 e. The third-order valence-corrected chi connectivity index (χ3v) is 5.32. The molecule has 1 N–H and O–H groups in total. The van der Waals surface area contributed by atoms with Crippen molar-refractivity contribution in [3.05, 3.63) is 85.2 Å². The molecule has 4 heterocycles. The van der Waals surface area contributed by atoms with Crippen LogP contribution in [0.1, 0.15) is 62.5 Å². The Morgan fingerprint density at radius 3 is 1.40 bits per heavy atom. The zero-order valence-corrected chi connectivity index (χ0v) is 26.8. The van der Waals surface area contributed by atoms with Crippen molar-refractivity contribution in [1.29, 1.82) is 0 Å². The van der Waals surface area contributed by atoms with E-state index in [2.05, 4.69) is 29.9 Å². The Kier molecular flexibility index (Phi) is 11.5. The number of methoxy groups -OCH3 is 1. The zero-order valence-electron chi connectivity index (χ0n) is 26.8. The molecule has 4 aromatic heterocycles. The normalized spacial score (nSPS) is 10.9. The highest BCUT2D eigenvalue weighted by atomic mass is 16.6. The molecule has 0 aliphatic heterocycles. The van der Waals surface area contributed by atoms with Gasteiger partial charge in [-0.15, -0.1) is 0 Å². The summed E-state index contributed by atoms with van der Waals surface area (Å²) < 4.78 is 15.5. The fourth-order valence-electron chi connectivity index (χ4n) is 3.60. The van der Waals surface area contributed by atoms with E-state index in [0.29, 0.717) is 11.4 Å². The van der Waals surface area contributed by atoms with Crippen molar-refractivity contribution in [1.82, 2.24) is 29.9 Å². The number of hydrogen-bond donors (Lipinski definition) is 1. The number of carboxylic acid groups (broad SMARTS) is 1. The summed E-state index contributed by atoms with van der Waals surface area (Å²) in [5.74, 6) is -2.14. The fraction of sp³-hybridized carbons (Fsp3) is 0.290. The number of esters is 1. The molecule has 0 bridgehead atoms. The Morgan fingerprint density at radius 2 is 1.04 bits per heavy atom. The smallest absolute Gasteiger partial charge is 0.420 e. The van der Waals surface area contributed by atoms with Gasteiger partial charge in [0.1, 0.15) is 11.2 Å². The molecule has 0 fully saturated rings. The van der Waals surface area contributed by atoms with Crippen molar-refractivity contribution in [2.24, 2.45) is 0 Å². The highest BCUT2D eigenvalue weighted by Crippen LogP contribution is 2.29. The van der Waals surface area contributed by atoms with Gasteiger partial charge in [0.05, 0.1) is 30.9 Å². The first-order valence-electron chi connectivity index (χ1n) is 13.9. The number of aromatic carboxylic acids is 1. The van der Waals surface area contributed by atoms with Gasteiger partial charge in [-0.05, 0) is 65.8 Å². The summed E-state index contributed by atoms with van der Waals surface area (Å²) in [7, 11) is 1.22. The lowest BCUT2D eigenvalue weighted by atomic mass is 10.2. The van der Waals surface area contributed by atoms with Crippen LogP contribution in [0.15, 0.2) is 73.8 Å². The molecular weight excluding hydrogens is 612 g/mol. The summed E-state index contributed by atoms with van der Waals surface area (Å²) in [6, 6.07) is 6.51. The van der Waals surface area contributed by atoms with Crippen LogP contribution < -0.4 is 9.80 Å². The minimum atomic E-state index is -1.30. The average Bonchev–Trinajstić information content (AvgIpc) is 3.01. The maximum atomic E-state index is 12.7. The first-order valence-corrected chi connectivity index (χ1v) is 13.9. The molecule has 2 amide bonds. The summed E-state index contributed by atoms with van der Waals surface area (Å²) in [5, 5.41) is 9.28. The highest BCUT2D eigenvalue weighted by molar-refractivity contribution is 6.02. The first kappa shape index (κ1) is 35.4. The molecule has 16 nitrogen and oxygen atoms in total. The van der Waals surface area contributed by atoms with E-state index in [1.54, 1.807) is 72.0 Å². The molecule has 246 valence electrons. The zero-order chi connectivity index (χ0) is 34.8. The molecule has 0 atom stereocenters. The standard InChI is InChI=1S/C16H18N4O4.C15H16N4O4/c1-16(2,3)24-15(22)20(11-6-5-7-17-10-11)13-12(14(21)23-4)18-8-9-19-13;1-15(2,3)23-14(22)19(10-5-4-6-16-9-10)12-11(13(20)21)17-7-8-18-12/h5-10H,1-4H3;4-9H,1-3H3,(H,20,21). The van der Waals surface area contributed by atoms with Crippen LogP contribution in [-0.2, 0) is 14.2 Å². The topological polar surface area (TPSA) is 200 Å². The highest BCUT2D eigenvalue weighted by Gasteiger charge is 2.31. The van der Waals surface area contributed by atoms with Gasteiger partial charge in [0.2, 0.25) is 0 Å². The van der Waals surface area contributed by atoms with Gasteiger partial charge in [0, 0.05) is 37.2 Å². The molecule has 0 radical (unpaired) electrons. The minimum absolute atomic E-state index is 0.00611. The fourth-order valence-corrected chi connectivity index (χ4v) is 3.60. The molecular formula is C31H34N8O8. The predicted molar refractivity (Wildman–Crippen MR) is 168 cm³/mol. The second kappa shape index (κ2) is 15.3. The van der Waals surface area contributed by atoms with Gasteiger partial charge in [-0.25, -0.2) is 48.9 Å². The van der Waals surface area contributed by atoms with Crippen LogP contribution in [0.4, 0.5) is 32.6 Å². The van der Waals surface area contributed by atoms with Crippen molar-refractivity contribution >= 4 is 47.1 Å². The Labute approximate surface area is 270 Å². The number of rotatable bonds is 6. The third kappa shape index (κ3) is 9.97. The molecule has 16 heteroatoms. The van der Waals surface area contributed by atoms with Gasteiger partial charge in [0.25, 0.3) is 0 Å². The Morgan fingerprint density at radius 1 is 0.638 bits per heavy atom. The lowest BCUT2D eigenvalue weighted by Gasteiger charge is -2.27. The Balaban J connectivity index is 0.000000256. The van der Waals surface area contributed by atoms with E-state index in [0.717, 1.165) is 9.80 Å². The summed E-state index contributed by atoms with van der Waals surface area (Å²) in [6.45, 7) is 10.3. The van der Waals surface area contributed by atoms with E-state index in [1.165, 1.54) is 50.5 Å². The molecule has 4 rings (SSSR count). The summed E-state index contributed by atoms with van der Waals surface area (Å²) in [6.07, 6.45) is 9.74. The van der Waals surface area contributed by atoms with Crippen LogP contribution in [-0.4, -0.2) is 77.4 Å². The molecule has 0 unspecified atom stereocenters. The number of hydrogen-bond acceptors (Lipinski definition) is 13. The van der Waals surface area contributed by atoms with Crippen molar-refractivity contribution in [3.63, 3.8) is 0 Å². The molecule has 0 aliphatic rings. The van der Waals surface area contributed by atoms with E-state index in [4.69, 9.17) is 14.2 Å². The van der Waals surface area contributed by atoms with Crippen LogP contribution >= 0.6 is 0 Å². The summed E-state index contributed by atoms with van der Waals surface area (Å²) in [5.41, 5.74) is -1.24. The number of carbonyl (C=O) groups excluding carboxylic acids is 3. The summed E-state index contributed by atoms with van der Waals surface area (Å²) >= 11 is 0.